The SMILES string of the molecule is CC[C@H](C)[C@@H]([C@@H](CC(=O)N1CCC[C@H]1[C@H](OC)[C@@H](C)C(=O)N[C@@H](Cc1ccccc1)C(=O)OC)OC)N(C)C(=O)[C@@H](NC(=O)[C@@H]1[C@H]2CC[C@H](C2)N1C(=O)CCOCCOCCN=[N+]=[N-])C(C)C. The van der Waals surface area contributed by atoms with E-state index in [9.17, 15) is 28.8 Å². The number of methoxy groups -OCH3 is 3. The van der Waals surface area contributed by atoms with Crippen LogP contribution in [0.1, 0.15) is 91.5 Å². The number of fused-ring (bicyclic) bond motifs is 2. The molecule has 2 bridgehead atoms. The molecule has 0 radical (unpaired) electrons. The fraction of sp³-hybridized carbons (Fsp3) is 0.750. The quantitative estimate of drug-likeness (QED) is 0.0400. The molecule has 19 nitrogen and oxygen atoms in total. The summed E-state index contributed by atoms with van der Waals surface area (Å²) in [5, 5.41) is 9.33. The number of benzene rings is 1. The average Bonchev–Trinajstić information content (AvgIpc) is 4.10. The number of carbonyl (C=O) groups excluding carboxylic acids is 6. The third-order valence-electron chi connectivity index (χ3n) is 13.9. The van der Waals surface area contributed by atoms with Crippen molar-refractivity contribution in [2.24, 2.45) is 28.8 Å². The minimum Gasteiger partial charge on any atom is -0.467 e. The standard InChI is InChI=1S/C48H76N8O11/c1-10-31(4)42(38(63-7)29-40(58)55-22-14-17-37(55)44(64-8)32(5)45(59)51-36(48(62)65-9)27-33-15-12-11-13-16-33)54(6)47(61)41(30(2)3)52-46(60)43-34-18-19-35(28-34)56(43)39(57)20-23-66-25-26-67-24-21-50-53-49/h11-13,15-16,30-32,34-38,41-44H,10,14,17-29H2,1-9H3,(H,51,59)(H,52,60)/t31-,32+,34-,35+,36-,37-,38+,41-,42-,43-,44+/m0/s1. The van der Waals surface area contributed by atoms with E-state index in [0.29, 0.717) is 32.4 Å². The van der Waals surface area contributed by atoms with Crippen LogP contribution in [0.5, 0.6) is 0 Å². The number of esters is 1. The predicted octanol–water partition coefficient (Wildman–Crippen LogP) is 4.06. The number of hydrogen-bond acceptors (Lipinski definition) is 12. The van der Waals surface area contributed by atoms with E-state index in [4.69, 9.17) is 29.2 Å². The van der Waals surface area contributed by atoms with Crippen molar-refractivity contribution in [3.8, 4) is 0 Å². The van der Waals surface area contributed by atoms with Crippen LogP contribution < -0.4 is 10.6 Å². The normalized spacial score (nSPS) is 21.9. The molecular weight excluding hydrogens is 865 g/mol. The van der Waals surface area contributed by atoms with Crippen molar-refractivity contribution in [2.45, 2.75) is 141 Å². The lowest BCUT2D eigenvalue weighted by Crippen LogP contribution is -2.60. The lowest BCUT2D eigenvalue weighted by atomic mass is 9.89. The van der Waals surface area contributed by atoms with Crippen molar-refractivity contribution in [1.82, 2.24) is 25.3 Å². The molecule has 67 heavy (non-hydrogen) atoms. The van der Waals surface area contributed by atoms with Gasteiger partial charge in [-0.05, 0) is 61.0 Å². The summed E-state index contributed by atoms with van der Waals surface area (Å²) >= 11 is 0. The smallest absolute Gasteiger partial charge is 0.328 e. The molecule has 1 saturated carbocycles. The summed E-state index contributed by atoms with van der Waals surface area (Å²) in [6.45, 7) is 11.2. The minimum absolute atomic E-state index is 0.0161. The molecule has 3 fully saturated rings. The second-order valence-electron chi connectivity index (χ2n) is 18.5. The van der Waals surface area contributed by atoms with Gasteiger partial charge in [0.25, 0.3) is 0 Å². The van der Waals surface area contributed by atoms with Gasteiger partial charge in [0.15, 0.2) is 0 Å². The molecule has 4 rings (SSSR count). The first kappa shape index (κ1) is 54.8. The molecule has 11 atom stereocenters. The molecule has 2 saturated heterocycles. The van der Waals surface area contributed by atoms with E-state index in [1.165, 1.54) is 21.3 Å². The van der Waals surface area contributed by atoms with Crippen molar-refractivity contribution < 1.29 is 52.5 Å². The summed E-state index contributed by atoms with van der Waals surface area (Å²) in [4.78, 5) is 91.1. The zero-order chi connectivity index (χ0) is 49.2. The molecule has 0 spiro atoms. The summed E-state index contributed by atoms with van der Waals surface area (Å²) in [5.74, 6) is -3.19. The average molecular weight is 941 g/mol. The lowest BCUT2D eigenvalue weighted by molar-refractivity contribution is -0.149. The minimum atomic E-state index is -0.918. The molecule has 5 amide bonds. The Labute approximate surface area is 396 Å². The fourth-order valence-electron chi connectivity index (χ4n) is 10.2. The van der Waals surface area contributed by atoms with Gasteiger partial charge in [-0.25, -0.2) is 4.79 Å². The van der Waals surface area contributed by atoms with E-state index >= 15 is 0 Å². The van der Waals surface area contributed by atoms with Gasteiger partial charge in [0.05, 0.1) is 76.6 Å². The number of amides is 5. The number of hydrogen-bond donors (Lipinski definition) is 2. The topological polar surface area (TPSA) is 231 Å². The van der Waals surface area contributed by atoms with E-state index in [1.54, 1.807) is 28.7 Å². The van der Waals surface area contributed by atoms with Crippen LogP contribution in [0.25, 0.3) is 10.4 Å². The second-order valence-corrected chi connectivity index (χ2v) is 18.5. The highest BCUT2D eigenvalue weighted by Crippen LogP contribution is 2.43. The first-order valence-corrected chi connectivity index (χ1v) is 23.9. The van der Waals surface area contributed by atoms with Crippen LogP contribution in [-0.2, 0) is 58.9 Å². The van der Waals surface area contributed by atoms with Gasteiger partial charge in [0.1, 0.15) is 18.1 Å². The van der Waals surface area contributed by atoms with Crippen molar-refractivity contribution in [3.05, 3.63) is 46.3 Å². The summed E-state index contributed by atoms with van der Waals surface area (Å²) < 4.78 is 28.0. The number of likely N-dealkylation sites (N-methyl/N-ethyl adjacent to an activating group) is 1. The Kier molecular flexibility index (Phi) is 22.3. The monoisotopic (exact) mass is 941 g/mol. The molecule has 374 valence electrons. The molecular formula is C48H76N8O11. The van der Waals surface area contributed by atoms with Gasteiger partial charge in [0.2, 0.25) is 29.5 Å². The van der Waals surface area contributed by atoms with E-state index < -0.39 is 60.2 Å². The van der Waals surface area contributed by atoms with Gasteiger partial charge in [-0.3, -0.25) is 24.0 Å². The molecule has 1 aliphatic carbocycles. The van der Waals surface area contributed by atoms with E-state index in [1.807, 2.05) is 58.0 Å². The number of rotatable bonds is 28. The third kappa shape index (κ3) is 14.6. The number of nitrogens with one attached hydrogen (secondary N) is 2. The number of likely N-dealkylation sites (tertiary alicyclic amines) is 2. The van der Waals surface area contributed by atoms with Crippen molar-refractivity contribution in [3.63, 3.8) is 0 Å². The largest absolute Gasteiger partial charge is 0.467 e. The van der Waals surface area contributed by atoms with Crippen LogP contribution in [0.15, 0.2) is 35.4 Å². The Morgan fingerprint density at radius 2 is 1.61 bits per heavy atom. The van der Waals surface area contributed by atoms with Crippen LogP contribution in [0.4, 0.5) is 0 Å². The Bertz CT molecular complexity index is 1830. The Hall–Kier alpha value is -4.81. The Morgan fingerprint density at radius 1 is 0.910 bits per heavy atom. The van der Waals surface area contributed by atoms with Crippen LogP contribution in [-0.4, -0.2) is 167 Å². The van der Waals surface area contributed by atoms with Crippen LogP contribution >= 0.6 is 0 Å². The molecule has 0 aromatic heterocycles. The highest BCUT2D eigenvalue weighted by molar-refractivity contribution is 5.93. The summed E-state index contributed by atoms with van der Waals surface area (Å²) in [6, 6.07) is 5.76. The van der Waals surface area contributed by atoms with Crippen molar-refractivity contribution in [2.75, 3.05) is 67.9 Å². The molecule has 19 heteroatoms. The molecule has 2 heterocycles. The maximum absolute atomic E-state index is 14.6. The number of nitrogens with zero attached hydrogens (tertiary/aromatic N) is 6. The Balaban J connectivity index is 1.42. The fourth-order valence-corrected chi connectivity index (χ4v) is 10.2. The van der Waals surface area contributed by atoms with Crippen LogP contribution in [0.3, 0.4) is 0 Å². The van der Waals surface area contributed by atoms with Gasteiger partial charge >= 0.3 is 5.97 Å². The predicted molar refractivity (Wildman–Crippen MR) is 249 cm³/mol. The molecule has 2 aliphatic heterocycles. The highest BCUT2D eigenvalue weighted by atomic mass is 16.5. The van der Waals surface area contributed by atoms with Gasteiger partial charge in [-0.2, -0.15) is 0 Å². The van der Waals surface area contributed by atoms with Crippen molar-refractivity contribution in [1.29, 1.82) is 0 Å². The van der Waals surface area contributed by atoms with Gasteiger partial charge in [0, 0.05) is 51.7 Å². The van der Waals surface area contributed by atoms with Crippen molar-refractivity contribution >= 4 is 35.5 Å². The van der Waals surface area contributed by atoms with Crippen LogP contribution in [0, 0.1) is 23.7 Å². The van der Waals surface area contributed by atoms with Gasteiger partial charge in [-0.1, -0.05) is 76.5 Å². The summed E-state index contributed by atoms with van der Waals surface area (Å²) in [7, 11) is 6.01. The first-order valence-electron chi connectivity index (χ1n) is 23.9. The zero-order valence-electron chi connectivity index (χ0n) is 41.1. The highest BCUT2D eigenvalue weighted by Gasteiger charge is 2.52. The number of piperidine rings is 1. The Morgan fingerprint density at radius 3 is 2.24 bits per heavy atom. The maximum Gasteiger partial charge on any atom is 0.328 e. The number of carbonyl (C=O) groups is 6. The second kappa shape index (κ2) is 27.3. The third-order valence-corrected chi connectivity index (χ3v) is 13.9. The van der Waals surface area contributed by atoms with E-state index in [2.05, 4.69) is 20.7 Å². The summed E-state index contributed by atoms with van der Waals surface area (Å²) in [6.07, 6.45) is 3.22. The molecule has 3 aliphatic rings. The number of ether oxygens (including phenoxy) is 5. The lowest BCUT2D eigenvalue weighted by Gasteiger charge is -2.41. The number of azide groups is 1. The zero-order valence-corrected chi connectivity index (χ0v) is 41.1. The van der Waals surface area contributed by atoms with Gasteiger partial charge < -0.3 is 49.0 Å². The van der Waals surface area contributed by atoms with Crippen LogP contribution in [0.2, 0.25) is 0 Å². The molecule has 1 aromatic rings. The van der Waals surface area contributed by atoms with E-state index in [0.717, 1.165) is 24.8 Å². The maximum atomic E-state index is 14.6. The molecule has 2 N–H and O–H groups in total. The van der Waals surface area contributed by atoms with Gasteiger partial charge in [-0.15, -0.1) is 0 Å². The van der Waals surface area contributed by atoms with E-state index in [-0.39, 0.29) is 93.1 Å². The molecule has 0 unspecified atom stereocenters. The summed E-state index contributed by atoms with van der Waals surface area (Å²) in [5.41, 5.74) is 9.23. The first-order chi connectivity index (χ1) is 32.1. The molecule has 1 aromatic carbocycles.